The number of carbonyl (C=O) groups excluding carboxylic acids is 1. The molecule has 0 aliphatic carbocycles. The summed E-state index contributed by atoms with van der Waals surface area (Å²) in [5.74, 6) is 0.761. The van der Waals surface area contributed by atoms with Gasteiger partial charge in [-0.1, -0.05) is 24.0 Å². The Morgan fingerprint density at radius 3 is 2.63 bits per heavy atom. The number of nitrogens with zero attached hydrogens (tertiary/aromatic N) is 2. The zero-order valence-corrected chi connectivity index (χ0v) is 16.0. The Morgan fingerprint density at radius 1 is 1.15 bits per heavy atom. The summed E-state index contributed by atoms with van der Waals surface area (Å²) < 4.78 is 24.7. The van der Waals surface area contributed by atoms with Gasteiger partial charge in [0.1, 0.15) is 21.7 Å². The Kier molecular flexibility index (Phi) is 5.40. The minimum Gasteiger partial charge on any atom is -0.457 e. The second kappa shape index (κ2) is 7.93. The van der Waals surface area contributed by atoms with Gasteiger partial charge in [-0.3, -0.25) is 14.6 Å². The second-order valence-corrected chi connectivity index (χ2v) is 7.87. The van der Waals surface area contributed by atoms with Crippen molar-refractivity contribution in [2.75, 3.05) is 33.0 Å². The predicted molar refractivity (Wildman–Crippen MR) is 106 cm³/mol. The van der Waals surface area contributed by atoms with E-state index in [4.69, 9.17) is 21.4 Å². The maximum absolute atomic E-state index is 13.1. The Labute approximate surface area is 165 Å². The van der Waals surface area contributed by atoms with Crippen molar-refractivity contribution in [3.63, 3.8) is 0 Å². The lowest BCUT2D eigenvalue weighted by Crippen LogP contribution is -2.45. The van der Waals surface area contributed by atoms with Crippen molar-refractivity contribution in [1.29, 1.82) is 0 Å². The average Bonchev–Trinajstić information content (AvgIpc) is 3.24. The zero-order valence-electron chi connectivity index (χ0n) is 14.4. The number of thiocarbonyl (C=S) groups is 1. The molecule has 3 heterocycles. The standard InChI is InChI=1S/C19H17FN2O3S2/c20-14-3-1-13(2-4-14)16-6-5-15(25-16)11-17-18(23)22(19(26)27-17)12-21-7-9-24-10-8-21/h1-6,11H,7-10,12H2. The van der Waals surface area contributed by atoms with Crippen LogP contribution in [0.2, 0.25) is 0 Å². The van der Waals surface area contributed by atoms with E-state index in [-0.39, 0.29) is 11.7 Å². The zero-order chi connectivity index (χ0) is 18.8. The number of furan rings is 1. The third-order valence-corrected chi connectivity index (χ3v) is 5.73. The Hall–Kier alpha value is -2.00. The second-order valence-electron chi connectivity index (χ2n) is 6.19. The molecule has 27 heavy (non-hydrogen) atoms. The van der Waals surface area contributed by atoms with Crippen LogP contribution in [0, 0.1) is 5.82 Å². The Balaban J connectivity index is 1.48. The fourth-order valence-electron chi connectivity index (χ4n) is 2.89. The van der Waals surface area contributed by atoms with Crippen molar-refractivity contribution in [1.82, 2.24) is 9.80 Å². The monoisotopic (exact) mass is 404 g/mol. The number of halogens is 1. The molecule has 1 aromatic heterocycles. The quantitative estimate of drug-likeness (QED) is 0.573. The van der Waals surface area contributed by atoms with Crippen LogP contribution in [0.5, 0.6) is 0 Å². The largest absolute Gasteiger partial charge is 0.457 e. The molecular weight excluding hydrogens is 387 g/mol. The van der Waals surface area contributed by atoms with Crippen LogP contribution >= 0.6 is 24.0 Å². The number of carbonyl (C=O) groups is 1. The Morgan fingerprint density at radius 2 is 1.89 bits per heavy atom. The van der Waals surface area contributed by atoms with E-state index in [9.17, 15) is 9.18 Å². The molecule has 8 heteroatoms. The van der Waals surface area contributed by atoms with Crippen LogP contribution in [0.3, 0.4) is 0 Å². The number of hydrogen-bond acceptors (Lipinski definition) is 6. The van der Waals surface area contributed by atoms with Gasteiger partial charge in [0.05, 0.1) is 24.8 Å². The summed E-state index contributed by atoms with van der Waals surface area (Å²) in [7, 11) is 0. The van der Waals surface area contributed by atoms with Crippen molar-refractivity contribution in [3.8, 4) is 11.3 Å². The van der Waals surface area contributed by atoms with Crippen LogP contribution in [0.1, 0.15) is 5.76 Å². The van der Waals surface area contributed by atoms with Crippen molar-refractivity contribution in [2.24, 2.45) is 0 Å². The molecule has 1 aromatic carbocycles. The molecule has 1 amide bonds. The Bertz CT molecular complexity index is 889. The summed E-state index contributed by atoms with van der Waals surface area (Å²) >= 11 is 6.65. The summed E-state index contributed by atoms with van der Waals surface area (Å²) in [4.78, 5) is 17.0. The molecule has 2 aliphatic rings. The molecule has 2 aliphatic heterocycles. The summed E-state index contributed by atoms with van der Waals surface area (Å²) in [5, 5.41) is 0. The molecule has 4 rings (SSSR count). The highest BCUT2D eigenvalue weighted by molar-refractivity contribution is 8.26. The number of thioether (sulfide) groups is 1. The smallest absolute Gasteiger partial charge is 0.267 e. The molecule has 140 valence electrons. The molecule has 0 spiro atoms. The lowest BCUT2D eigenvalue weighted by atomic mass is 10.2. The molecule has 0 saturated carbocycles. The molecule has 2 saturated heterocycles. The molecule has 2 aromatic rings. The van der Waals surface area contributed by atoms with E-state index in [0.29, 0.717) is 40.6 Å². The average molecular weight is 404 g/mol. The van der Waals surface area contributed by atoms with E-state index in [1.165, 1.54) is 23.9 Å². The predicted octanol–water partition coefficient (Wildman–Crippen LogP) is 3.58. The van der Waals surface area contributed by atoms with Gasteiger partial charge in [0.15, 0.2) is 0 Å². The third-order valence-electron chi connectivity index (χ3n) is 4.35. The van der Waals surface area contributed by atoms with E-state index < -0.39 is 0 Å². The van der Waals surface area contributed by atoms with Gasteiger partial charge in [-0.15, -0.1) is 0 Å². The first-order valence-electron chi connectivity index (χ1n) is 8.51. The molecular formula is C19H17FN2O3S2. The van der Waals surface area contributed by atoms with Crippen LogP contribution in [-0.2, 0) is 9.53 Å². The molecule has 5 nitrogen and oxygen atoms in total. The maximum atomic E-state index is 13.1. The normalized spacial score (nSPS) is 20.0. The van der Waals surface area contributed by atoms with Gasteiger partial charge in [0.2, 0.25) is 0 Å². The van der Waals surface area contributed by atoms with Gasteiger partial charge >= 0.3 is 0 Å². The number of hydrogen-bond donors (Lipinski definition) is 0. The van der Waals surface area contributed by atoms with Crippen molar-refractivity contribution in [3.05, 3.63) is 52.9 Å². The molecule has 2 fully saturated rings. The first-order valence-corrected chi connectivity index (χ1v) is 9.74. The van der Waals surface area contributed by atoms with Gasteiger partial charge in [-0.2, -0.15) is 0 Å². The number of amides is 1. The number of benzene rings is 1. The van der Waals surface area contributed by atoms with Crippen LogP contribution < -0.4 is 0 Å². The lowest BCUT2D eigenvalue weighted by Gasteiger charge is -2.29. The van der Waals surface area contributed by atoms with E-state index in [0.717, 1.165) is 18.7 Å². The first-order chi connectivity index (χ1) is 13.1. The molecule has 0 N–H and O–H groups in total. The van der Waals surface area contributed by atoms with E-state index in [1.807, 2.05) is 0 Å². The van der Waals surface area contributed by atoms with Gasteiger partial charge < -0.3 is 9.15 Å². The van der Waals surface area contributed by atoms with Gasteiger partial charge in [0, 0.05) is 24.7 Å². The number of rotatable bonds is 4. The summed E-state index contributed by atoms with van der Waals surface area (Å²) in [6, 6.07) is 9.66. The third kappa shape index (κ3) is 4.14. The van der Waals surface area contributed by atoms with Gasteiger partial charge in [-0.05, 0) is 36.4 Å². The molecule has 0 bridgehead atoms. The SMILES string of the molecule is O=C1C(=Cc2ccc(-c3ccc(F)cc3)o2)SC(=S)N1CN1CCOCC1. The fourth-order valence-corrected chi connectivity index (χ4v) is 4.11. The van der Waals surface area contributed by atoms with Crippen molar-refractivity contribution in [2.45, 2.75) is 0 Å². The van der Waals surface area contributed by atoms with Gasteiger partial charge in [0.25, 0.3) is 5.91 Å². The van der Waals surface area contributed by atoms with E-state index in [1.54, 1.807) is 35.2 Å². The molecule has 0 atom stereocenters. The summed E-state index contributed by atoms with van der Waals surface area (Å²) in [5.41, 5.74) is 0.774. The fraction of sp³-hybridized carbons (Fsp3) is 0.263. The molecule has 0 radical (unpaired) electrons. The van der Waals surface area contributed by atoms with E-state index in [2.05, 4.69) is 4.90 Å². The summed E-state index contributed by atoms with van der Waals surface area (Å²) in [6.07, 6.45) is 1.70. The van der Waals surface area contributed by atoms with Crippen LogP contribution in [0.15, 0.2) is 45.7 Å². The lowest BCUT2D eigenvalue weighted by molar-refractivity contribution is -0.124. The topological polar surface area (TPSA) is 45.9 Å². The summed E-state index contributed by atoms with van der Waals surface area (Å²) in [6.45, 7) is 3.39. The minimum absolute atomic E-state index is 0.115. The highest BCUT2D eigenvalue weighted by atomic mass is 32.2. The van der Waals surface area contributed by atoms with Crippen LogP contribution in [0.25, 0.3) is 17.4 Å². The molecule has 0 unspecified atom stereocenters. The first kappa shape index (κ1) is 18.4. The highest BCUT2D eigenvalue weighted by Crippen LogP contribution is 2.33. The van der Waals surface area contributed by atoms with Crippen LogP contribution in [-0.4, -0.2) is 53.0 Å². The maximum Gasteiger partial charge on any atom is 0.267 e. The highest BCUT2D eigenvalue weighted by Gasteiger charge is 2.33. The number of ether oxygens (including phenoxy) is 1. The van der Waals surface area contributed by atoms with E-state index >= 15 is 0 Å². The van der Waals surface area contributed by atoms with Crippen molar-refractivity contribution < 1.29 is 18.3 Å². The van der Waals surface area contributed by atoms with Crippen molar-refractivity contribution >= 4 is 40.3 Å². The minimum atomic E-state index is -0.297. The number of morpholine rings is 1. The van der Waals surface area contributed by atoms with Gasteiger partial charge in [-0.25, -0.2) is 4.39 Å². The van der Waals surface area contributed by atoms with Crippen LogP contribution in [0.4, 0.5) is 4.39 Å².